The van der Waals surface area contributed by atoms with Gasteiger partial charge in [-0.05, 0) is 56.9 Å². The van der Waals surface area contributed by atoms with E-state index in [2.05, 4.69) is 19.9 Å². The summed E-state index contributed by atoms with van der Waals surface area (Å²) in [7, 11) is 0. The van der Waals surface area contributed by atoms with Gasteiger partial charge < -0.3 is 24.4 Å². The van der Waals surface area contributed by atoms with Gasteiger partial charge in [0.25, 0.3) is 0 Å². The summed E-state index contributed by atoms with van der Waals surface area (Å²) >= 11 is 0. The molecule has 5 fully saturated rings. The van der Waals surface area contributed by atoms with Crippen molar-refractivity contribution >= 4 is 0 Å². The zero-order valence-corrected chi connectivity index (χ0v) is 19.7. The maximum absolute atomic E-state index is 12.4. The second kappa shape index (κ2) is 6.35. The number of ether oxygens (including phenoxy) is 3. The van der Waals surface area contributed by atoms with Gasteiger partial charge in [0.2, 0.25) is 0 Å². The predicted octanol–water partition coefficient (Wildman–Crippen LogP) is 4.10. The van der Waals surface area contributed by atoms with Crippen LogP contribution < -0.4 is 0 Å². The summed E-state index contributed by atoms with van der Waals surface area (Å²) in [6, 6.07) is 0. The van der Waals surface area contributed by atoms with Crippen molar-refractivity contribution in [2.45, 2.75) is 120 Å². The van der Waals surface area contributed by atoms with E-state index < -0.39 is 17.0 Å². The molecule has 2 N–H and O–H groups in total. The molecule has 0 radical (unpaired) electrons. The van der Waals surface area contributed by atoms with Crippen LogP contribution in [0.15, 0.2) is 11.6 Å². The number of rotatable bonds is 7. The number of fused-ring (bicyclic) bond motifs is 2. The van der Waals surface area contributed by atoms with Crippen LogP contribution in [0.3, 0.4) is 0 Å². The Morgan fingerprint density at radius 3 is 2.42 bits per heavy atom. The van der Waals surface area contributed by atoms with E-state index in [1.807, 2.05) is 13.8 Å². The van der Waals surface area contributed by atoms with Crippen LogP contribution in [0.1, 0.15) is 85.5 Å². The average Bonchev–Trinajstić information content (AvgIpc) is 3.14. The standard InChI is InChI=1S/C26H40O5/c1-5-7-11-23(12-8-6-2)19-17-10-9-13-24-21(30-22(3,4)31-24)26(28)16(15-27)14-18(29-23)20(19)25(17,24)26/h14,17-21,27-28H,5-13,15H2,1-4H3/t17-,18+,19-,20-,21-,24+,25+,26+/m1/s1. The van der Waals surface area contributed by atoms with Crippen molar-refractivity contribution < 1.29 is 24.4 Å². The maximum Gasteiger partial charge on any atom is 0.164 e. The molecular formula is C26H40O5. The monoisotopic (exact) mass is 432 g/mol. The molecule has 6 rings (SSSR count). The lowest BCUT2D eigenvalue weighted by Crippen LogP contribution is -2.95. The lowest BCUT2D eigenvalue weighted by molar-refractivity contribution is -0.421. The fourth-order valence-corrected chi connectivity index (χ4v) is 9.72. The van der Waals surface area contributed by atoms with Crippen LogP contribution in [0.2, 0.25) is 0 Å². The van der Waals surface area contributed by atoms with Crippen LogP contribution in [-0.4, -0.2) is 51.6 Å². The van der Waals surface area contributed by atoms with Crippen LogP contribution in [-0.2, 0) is 14.2 Å². The second-order valence-electron chi connectivity index (χ2n) is 11.8. The molecule has 0 bridgehead atoms. The Kier molecular flexibility index (Phi) is 4.32. The van der Waals surface area contributed by atoms with Crippen molar-refractivity contribution in [1.29, 1.82) is 0 Å². The molecule has 2 saturated heterocycles. The Hall–Kier alpha value is -0.460. The minimum Gasteiger partial charge on any atom is -0.392 e. The number of unbranched alkanes of at least 4 members (excludes halogenated alkanes) is 2. The van der Waals surface area contributed by atoms with E-state index in [4.69, 9.17) is 14.2 Å². The molecule has 5 nitrogen and oxygen atoms in total. The van der Waals surface area contributed by atoms with Crippen LogP contribution >= 0.6 is 0 Å². The quantitative estimate of drug-likeness (QED) is 0.593. The molecular weight excluding hydrogens is 392 g/mol. The number of aliphatic hydroxyl groups is 2. The molecule has 174 valence electrons. The van der Waals surface area contributed by atoms with Crippen LogP contribution in [0.5, 0.6) is 0 Å². The van der Waals surface area contributed by atoms with E-state index in [9.17, 15) is 10.2 Å². The highest BCUT2D eigenvalue weighted by molar-refractivity contribution is 5.53. The first kappa shape index (κ1) is 21.1. The molecule has 5 heteroatoms. The van der Waals surface area contributed by atoms with Gasteiger partial charge in [-0.25, -0.2) is 0 Å². The molecule has 6 aliphatic rings. The summed E-state index contributed by atoms with van der Waals surface area (Å²) < 4.78 is 20.2. The van der Waals surface area contributed by atoms with Gasteiger partial charge in [0, 0.05) is 11.3 Å². The van der Waals surface area contributed by atoms with E-state index in [0.29, 0.717) is 17.4 Å². The Morgan fingerprint density at radius 1 is 1.06 bits per heavy atom. The zero-order chi connectivity index (χ0) is 21.9. The lowest BCUT2D eigenvalue weighted by Gasteiger charge is -2.83. The summed E-state index contributed by atoms with van der Waals surface area (Å²) in [5.74, 6) is 0.403. The number of hydrogen-bond acceptors (Lipinski definition) is 5. The summed E-state index contributed by atoms with van der Waals surface area (Å²) in [6.45, 7) is 8.33. The van der Waals surface area contributed by atoms with Gasteiger partial charge >= 0.3 is 0 Å². The first-order valence-corrected chi connectivity index (χ1v) is 12.9. The third-order valence-corrected chi connectivity index (χ3v) is 10.2. The average molecular weight is 433 g/mol. The van der Waals surface area contributed by atoms with Crippen molar-refractivity contribution in [2.75, 3.05) is 6.61 Å². The summed E-state index contributed by atoms with van der Waals surface area (Å²) in [6.07, 6.45) is 11.8. The maximum atomic E-state index is 12.4. The molecule has 0 unspecified atom stereocenters. The molecule has 3 saturated carbocycles. The topological polar surface area (TPSA) is 68.2 Å². The van der Waals surface area contributed by atoms with Crippen LogP contribution in [0.4, 0.5) is 0 Å². The van der Waals surface area contributed by atoms with Crippen molar-refractivity contribution in [2.24, 2.45) is 23.2 Å². The minimum atomic E-state index is -1.13. The van der Waals surface area contributed by atoms with Gasteiger partial charge in [-0.1, -0.05) is 52.0 Å². The predicted molar refractivity (Wildman–Crippen MR) is 116 cm³/mol. The summed E-state index contributed by atoms with van der Waals surface area (Å²) in [5, 5.41) is 22.7. The van der Waals surface area contributed by atoms with Crippen molar-refractivity contribution in [3.05, 3.63) is 11.6 Å². The Balaban J connectivity index is 1.50. The number of hydrogen-bond donors (Lipinski definition) is 2. The Bertz CT molecular complexity index is 798. The van der Waals surface area contributed by atoms with Gasteiger partial charge in [0.1, 0.15) is 17.3 Å². The van der Waals surface area contributed by atoms with Crippen LogP contribution in [0, 0.1) is 23.2 Å². The zero-order valence-electron chi connectivity index (χ0n) is 19.7. The highest BCUT2D eigenvalue weighted by Crippen LogP contribution is 2.88. The van der Waals surface area contributed by atoms with E-state index in [1.54, 1.807) is 0 Å². The normalized spacial score (nSPS) is 51.8. The smallest absolute Gasteiger partial charge is 0.164 e. The first-order chi connectivity index (χ1) is 14.8. The van der Waals surface area contributed by atoms with Gasteiger partial charge in [0.05, 0.1) is 18.3 Å². The molecule has 2 heterocycles. The largest absolute Gasteiger partial charge is 0.392 e. The second-order valence-corrected chi connectivity index (χ2v) is 11.8. The van der Waals surface area contributed by atoms with Gasteiger partial charge in [-0.15, -0.1) is 0 Å². The Morgan fingerprint density at radius 2 is 1.77 bits per heavy atom. The third kappa shape index (κ3) is 2.05. The highest BCUT2D eigenvalue weighted by atomic mass is 16.8. The molecule has 8 atom stereocenters. The summed E-state index contributed by atoms with van der Waals surface area (Å²) in [4.78, 5) is 0. The molecule has 4 aliphatic carbocycles. The number of aliphatic hydroxyl groups excluding tert-OH is 1. The molecule has 2 spiro atoms. The van der Waals surface area contributed by atoms with Crippen LogP contribution in [0.25, 0.3) is 0 Å². The van der Waals surface area contributed by atoms with Gasteiger partial charge in [-0.3, -0.25) is 0 Å². The molecule has 0 amide bonds. The van der Waals surface area contributed by atoms with E-state index in [-0.39, 0.29) is 35.7 Å². The molecule has 0 aromatic heterocycles. The SMILES string of the molecule is CCCCC1(CCCC)O[C@H]2C=C(CO)[C@]3(O)[C@@H]4OC(C)(C)O[C@@]45CCC[C@@H]4[C@@H]1[C@@H]2[C@@]453. The third-order valence-electron chi connectivity index (χ3n) is 10.2. The fourth-order valence-electron chi connectivity index (χ4n) is 9.72. The van der Waals surface area contributed by atoms with Gasteiger partial charge in [-0.2, -0.15) is 0 Å². The molecule has 0 aromatic carbocycles. The van der Waals surface area contributed by atoms with E-state index in [0.717, 1.165) is 32.1 Å². The molecule has 31 heavy (non-hydrogen) atoms. The van der Waals surface area contributed by atoms with Gasteiger partial charge in [0.15, 0.2) is 5.79 Å². The van der Waals surface area contributed by atoms with Crippen molar-refractivity contribution in [3.8, 4) is 0 Å². The summed E-state index contributed by atoms with van der Waals surface area (Å²) in [5.41, 5.74) is -1.34. The lowest BCUT2D eigenvalue weighted by atomic mass is 9.21. The van der Waals surface area contributed by atoms with E-state index in [1.165, 1.54) is 25.7 Å². The Labute approximate surface area is 186 Å². The first-order valence-electron chi connectivity index (χ1n) is 12.9. The minimum absolute atomic E-state index is 0.0272. The molecule has 2 aliphatic heterocycles. The highest BCUT2D eigenvalue weighted by Gasteiger charge is 2.97. The fraction of sp³-hybridized carbons (Fsp3) is 0.923. The molecule has 0 aromatic rings. The van der Waals surface area contributed by atoms with Crippen molar-refractivity contribution in [1.82, 2.24) is 0 Å². The van der Waals surface area contributed by atoms with Crippen molar-refractivity contribution in [3.63, 3.8) is 0 Å². The van der Waals surface area contributed by atoms with E-state index >= 15 is 0 Å².